The third kappa shape index (κ3) is 9.52. The predicted molar refractivity (Wildman–Crippen MR) is 196 cm³/mol. The number of amides is 3. The summed E-state index contributed by atoms with van der Waals surface area (Å²) in [6.45, 7) is 14.9. The Balaban J connectivity index is 1.41. The number of alkyl carbamates (subject to hydrolysis) is 1. The Hall–Kier alpha value is -4.21. The molecule has 10 heteroatoms. The van der Waals surface area contributed by atoms with E-state index in [0.29, 0.717) is 26.1 Å². The molecule has 1 unspecified atom stereocenters. The summed E-state index contributed by atoms with van der Waals surface area (Å²) in [5.74, 6) is 0.00951. The first-order valence-electron chi connectivity index (χ1n) is 18.2. The first kappa shape index (κ1) is 37.1. The van der Waals surface area contributed by atoms with E-state index in [0.717, 1.165) is 44.0 Å². The Bertz CT molecular complexity index is 1640. The maximum absolute atomic E-state index is 13.9. The molecular formula is C40H56N4O6. The van der Waals surface area contributed by atoms with Crippen molar-refractivity contribution in [3.8, 4) is 0 Å². The van der Waals surface area contributed by atoms with E-state index in [2.05, 4.69) is 71.5 Å². The van der Waals surface area contributed by atoms with Crippen molar-refractivity contribution < 1.29 is 29.0 Å². The molecule has 50 heavy (non-hydrogen) atoms. The molecule has 1 aliphatic carbocycles. The van der Waals surface area contributed by atoms with Crippen molar-refractivity contribution >= 4 is 29.2 Å². The standard InChI is InChI=1S/C40H56N4O6/c1-27-11-10-12-28(25-27)32(34-26-44(35-14-9-8-13-33(34)35)31-19-22-42(23-20-31)37(46)47)21-24-43(38(48)50-40(5,6)7)30-17-15-29(16-18-30)41-36(45)49-39(2,3)4/h8-14,25-26,29-32H,15-24H2,1-7H3,(H,41,45)(H,46,47). The number of aromatic nitrogens is 1. The smallest absolute Gasteiger partial charge is 0.410 e. The highest BCUT2D eigenvalue weighted by Gasteiger charge is 2.34. The molecular weight excluding hydrogens is 632 g/mol. The Morgan fingerprint density at radius 2 is 1.56 bits per heavy atom. The van der Waals surface area contributed by atoms with Crippen LogP contribution in [-0.2, 0) is 9.47 Å². The second-order valence-corrected chi connectivity index (χ2v) is 16.1. The second kappa shape index (κ2) is 15.4. The molecule has 0 radical (unpaired) electrons. The molecule has 10 nitrogen and oxygen atoms in total. The number of piperidine rings is 1. The zero-order valence-electron chi connectivity index (χ0n) is 30.9. The first-order valence-corrected chi connectivity index (χ1v) is 18.2. The van der Waals surface area contributed by atoms with E-state index >= 15 is 0 Å². The van der Waals surface area contributed by atoms with Crippen LogP contribution in [0.25, 0.3) is 10.9 Å². The van der Waals surface area contributed by atoms with Crippen LogP contribution < -0.4 is 5.32 Å². The van der Waals surface area contributed by atoms with Crippen LogP contribution in [0, 0.1) is 6.92 Å². The molecule has 0 spiro atoms. The first-order chi connectivity index (χ1) is 23.6. The minimum Gasteiger partial charge on any atom is -0.465 e. The van der Waals surface area contributed by atoms with Gasteiger partial charge in [0.15, 0.2) is 0 Å². The molecule has 1 atom stereocenters. The molecule has 3 aromatic rings. The van der Waals surface area contributed by atoms with Gasteiger partial charge in [-0.25, -0.2) is 14.4 Å². The van der Waals surface area contributed by atoms with Crippen LogP contribution in [0.5, 0.6) is 0 Å². The molecule has 2 heterocycles. The van der Waals surface area contributed by atoms with Crippen LogP contribution in [-0.4, -0.2) is 80.7 Å². The molecule has 272 valence electrons. The highest BCUT2D eigenvalue weighted by molar-refractivity contribution is 5.85. The number of fused-ring (bicyclic) bond motifs is 1. The summed E-state index contributed by atoms with van der Waals surface area (Å²) in [5, 5.41) is 13.7. The van der Waals surface area contributed by atoms with Gasteiger partial charge in [0, 0.05) is 60.8 Å². The number of rotatable bonds is 8. The molecule has 2 aromatic carbocycles. The lowest BCUT2D eigenvalue weighted by molar-refractivity contribution is 0.00967. The van der Waals surface area contributed by atoms with Crippen molar-refractivity contribution in [2.24, 2.45) is 0 Å². The SMILES string of the molecule is Cc1cccc(C(CCN(C(=O)OC(C)(C)C)C2CCC(NC(=O)OC(C)(C)C)CC2)c2cn(C3CCN(C(=O)O)CC3)c3ccccc23)c1. The number of aryl methyl sites for hydroxylation is 1. The molecule has 1 aliphatic heterocycles. The van der Waals surface area contributed by atoms with Gasteiger partial charge >= 0.3 is 18.3 Å². The highest BCUT2D eigenvalue weighted by atomic mass is 16.6. The average molecular weight is 689 g/mol. The van der Waals surface area contributed by atoms with Gasteiger partial charge in [0.1, 0.15) is 11.2 Å². The van der Waals surface area contributed by atoms with Crippen molar-refractivity contribution in [2.45, 2.75) is 129 Å². The summed E-state index contributed by atoms with van der Waals surface area (Å²) in [6.07, 6.45) is 5.94. The number of benzene rings is 2. The number of likely N-dealkylation sites (tertiary alicyclic amines) is 1. The molecule has 2 aliphatic rings. The lowest BCUT2D eigenvalue weighted by Gasteiger charge is -2.38. The van der Waals surface area contributed by atoms with Gasteiger partial charge in [-0.15, -0.1) is 0 Å². The zero-order chi connectivity index (χ0) is 36.2. The summed E-state index contributed by atoms with van der Waals surface area (Å²) in [6, 6.07) is 17.3. The maximum Gasteiger partial charge on any atom is 0.410 e. The van der Waals surface area contributed by atoms with E-state index < -0.39 is 23.4 Å². The summed E-state index contributed by atoms with van der Waals surface area (Å²) < 4.78 is 13.8. The molecule has 3 amide bonds. The van der Waals surface area contributed by atoms with Gasteiger partial charge < -0.3 is 34.3 Å². The minimum atomic E-state index is -0.858. The van der Waals surface area contributed by atoms with Crippen molar-refractivity contribution in [3.05, 3.63) is 71.4 Å². The monoisotopic (exact) mass is 688 g/mol. The van der Waals surface area contributed by atoms with E-state index in [4.69, 9.17) is 9.47 Å². The normalized spacial score (nSPS) is 19.5. The van der Waals surface area contributed by atoms with Gasteiger partial charge in [-0.3, -0.25) is 0 Å². The molecule has 1 saturated carbocycles. The lowest BCUT2D eigenvalue weighted by atomic mass is 9.86. The van der Waals surface area contributed by atoms with Crippen molar-refractivity contribution in [1.29, 1.82) is 0 Å². The number of nitrogens with zero attached hydrogens (tertiary/aromatic N) is 3. The number of hydrogen-bond acceptors (Lipinski definition) is 5. The number of ether oxygens (including phenoxy) is 2. The summed E-state index contributed by atoms with van der Waals surface area (Å²) in [5.41, 5.74) is 3.53. The Labute approximate surface area is 297 Å². The van der Waals surface area contributed by atoms with Crippen molar-refractivity contribution in [2.75, 3.05) is 19.6 Å². The third-order valence-electron chi connectivity index (χ3n) is 9.86. The average Bonchev–Trinajstić information content (AvgIpc) is 3.41. The molecule has 5 rings (SSSR count). The molecule has 1 saturated heterocycles. The topological polar surface area (TPSA) is 113 Å². The largest absolute Gasteiger partial charge is 0.465 e. The lowest BCUT2D eigenvalue weighted by Crippen LogP contribution is -2.48. The van der Waals surface area contributed by atoms with Gasteiger partial charge in [0.2, 0.25) is 0 Å². The Kier molecular flexibility index (Phi) is 11.4. The summed E-state index contributed by atoms with van der Waals surface area (Å²) in [4.78, 5) is 41.4. The molecule has 2 N–H and O–H groups in total. The van der Waals surface area contributed by atoms with Gasteiger partial charge in [-0.2, -0.15) is 0 Å². The van der Waals surface area contributed by atoms with Gasteiger partial charge in [0.25, 0.3) is 0 Å². The maximum atomic E-state index is 13.9. The van der Waals surface area contributed by atoms with E-state index in [9.17, 15) is 19.5 Å². The van der Waals surface area contributed by atoms with Crippen LogP contribution in [0.3, 0.4) is 0 Å². The van der Waals surface area contributed by atoms with E-state index in [1.165, 1.54) is 27.0 Å². The highest BCUT2D eigenvalue weighted by Crippen LogP contribution is 2.39. The van der Waals surface area contributed by atoms with Gasteiger partial charge in [-0.05, 0) is 111 Å². The summed E-state index contributed by atoms with van der Waals surface area (Å²) >= 11 is 0. The minimum absolute atomic E-state index is 0.00452. The van der Waals surface area contributed by atoms with Crippen molar-refractivity contribution in [3.63, 3.8) is 0 Å². The van der Waals surface area contributed by atoms with Crippen LogP contribution in [0.4, 0.5) is 14.4 Å². The van der Waals surface area contributed by atoms with Gasteiger partial charge in [0.05, 0.1) is 0 Å². The second-order valence-electron chi connectivity index (χ2n) is 16.1. The predicted octanol–water partition coefficient (Wildman–Crippen LogP) is 8.86. The number of carboxylic acid groups (broad SMARTS) is 1. The number of carbonyl (C=O) groups excluding carboxylic acids is 2. The summed E-state index contributed by atoms with van der Waals surface area (Å²) in [7, 11) is 0. The number of nitrogens with one attached hydrogen (secondary N) is 1. The van der Waals surface area contributed by atoms with Crippen LogP contribution >= 0.6 is 0 Å². The Morgan fingerprint density at radius 3 is 2.18 bits per heavy atom. The van der Waals surface area contributed by atoms with E-state index in [1.807, 2.05) is 46.4 Å². The van der Waals surface area contributed by atoms with Crippen LogP contribution in [0.1, 0.15) is 115 Å². The van der Waals surface area contributed by atoms with Gasteiger partial charge in [-0.1, -0.05) is 48.0 Å². The van der Waals surface area contributed by atoms with E-state index in [-0.39, 0.29) is 30.1 Å². The zero-order valence-corrected chi connectivity index (χ0v) is 30.9. The molecule has 1 aromatic heterocycles. The fourth-order valence-corrected chi connectivity index (χ4v) is 7.55. The number of carbonyl (C=O) groups is 3. The fourth-order valence-electron chi connectivity index (χ4n) is 7.55. The van der Waals surface area contributed by atoms with Crippen molar-refractivity contribution in [1.82, 2.24) is 19.7 Å². The van der Waals surface area contributed by atoms with Crippen LogP contribution in [0.15, 0.2) is 54.7 Å². The third-order valence-corrected chi connectivity index (χ3v) is 9.86. The quantitative estimate of drug-likeness (QED) is 0.245. The molecule has 2 fully saturated rings. The van der Waals surface area contributed by atoms with Crippen LogP contribution in [0.2, 0.25) is 0 Å². The Morgan fingerprint density at radius 1 is 0.900 bits per heavy atom. The number of hydrogen-bond donors (Lipinski definition) is 2. The van der Waals surface area contributed by atoms with E-state index in [1.54, 1.807) is 0 Å². The number of para-hydroxylation sites is 1. The molecule has 0 bridgehead atoms. The fraction of sp³-hybridized carbons (Fsp3) is 0.575.